The Kier molecular flexibility index (Phi) is 4.78. The van der Waals surface area contributed by atoms with Crippen LogP contribution in [0.1, 0.15) is 69.1 Å². The first kappa shape index (κ1) is 17.6. The summed E-state index contributed by atoms with van der Waals surface area (Å²) >= 11 is 0. The highest BCUT2D eigenvalue weighted by Crippen LogP contribution is 2.44. The van der Waals surface area contributed by atoms with Crippen LogP contribution in [0.2, 0.25) is 0 Å². The van der Waals surface area contributed by atoms with Gasteiger partial charge in [-0.2, -0.15) is 0 Å². The van der Waals surface area contributed by atoms with Crippen molar-refractivity contribution >= 4 is 21.5 Å². The van der Waals surface area contributed by atoms with Crippen molar-refractivity contribution in [3.63, 3.8) is 0 Å². The van der Waals surface area contributed by atoms with Gasteiger partial charge in [0.25, 0.3) is 0 Å². The molecule has 3 aromatic rings. The van der Waals surface area contributed by atoms with Crippen molar-refractivity contribution in [3.8, 4) is 0 Å². The largest absolute Gasteiger partial charge is 0.0628 e. The van der Waals surface area contributed by atoms with Crippen LogP contribution in [0.3, 0.4) is 0 Å². The molecule has 0 amide bonds. The van der Waals surface area contributed by atoms with Gasteiger partial charge in [0.05, 0.1) is 0 Å². The summed E-state index contributed by atoms with van der Waals surface area (Å²) in [5.41, 5.74) is 4.67. The summed E-state index contributed by atoms with van der Waals surface area (Å²) in [6, 6.07) is 16.2. The number of rotatable bonds is 5. The fourth-order valence-electron chi connectivity index (χ4n) is 5.18. The van der Waals surface area contributed by atoms with Crippen LogP contribution in [-0.4, -0.2) is 0 Å². The molecule has 136 valence electrons. The molecule has 3 aromatic carbocycles. The predicted molar refractivity (Wildman–Crippen MR) is 115 cm³/mol. The maximum Gasteiger partial charge on any atom is -0.00760 e. The van der Waals surface area contributed by atoms with Crippen LogP contribution >= 0.6 is 0 Å². The number of hydrogen-bond donors (Lipinski definition) is 0. The molecule has 0 saturated carbocycles. The summed E-state index contributed by atoms with van der Waals surface area (Å²) < 4.78 is 0. The quantitative estimate of drug-likeness (QED) is 0.414. The van der Waals surface area contributed by atoms with Gasteiger partial charge in [-0.05, 0) is 75.8 Å². The number of hydrogen-bond acceptors (Lipinski definition) is 0. The Morgan fingerprint density at radius 1 is 0.923 bits per heavy atom. The lowest BCUT2D eigenvalue weighted by atomic mass is 9.84. The van der Waals surface area contributed by atoms with Crippen LogP contribution in [0.4, 0.5) is 0 Å². The minimum absolute atomic E-state index is 0.758. The zero-order valence-corrected chi connectivity index (χ0v) is 16.8. The third-order valence-corrected chi connectivity index (χ3v) is 6.63. The third-order valence-electron chi connectivity index (χ3n) is 6.63. The van der Waals surface area contributed by atoms with E-state index in [4.69, 9.17) is 0 Å². The number of fused-ring (bicyclic) bond motifs is 5. The van der Waals surface area contributed by atoms with E-state index in [0.717, 1.165) is 17.8 Å². The molecule has 0 heteroatoms. The Bertz CT molecular complexity index is 932. The summed E-state index contributed by atoms with van der Waals surface area (Å²) in [7, 11) is 0. The minimum atomic E-state index is 0.758. The molecule has 0 aliphatic heterocycles. The maximum absolute atomic E-state index is 2.48. The van der Waals surface area contributed by atoms with E-state index in [-0.39, 0.29) is 0 Å². The van der Waals surface area contributed by atoms with E-state index in [1.165, 1.54) is 59.2 Å². The number of aryl methyl sites for hydroxylation is 2. The van der Waals surface area contributed by atoms with Gasteiger partial charge in [-0.25, -0.2) is 0 Å². The highest BCUT2D eigenvalue weighted by atomic mass is 14.3. The molecule has 2 atom stereocenters. The van der Waals surface area contributed by atoms with Crippen LogP contribution in [0.25, 0.3) is 21.5 Å². The van der Waals surface area contributed by atoms with Crippen LogP contribution in [0.5, 0.6) is 0 Å². The first-order valence-electron chi connectivity index (χ1n) is 10.5. The fraction of sp³-hybridized carbons (Fsp3) is 0.462. The molecule has 0 N–H and O–H groups in total. The zero-order valence-electron chi connectivity index (χ0n) is 16.8. The van der Waals surface area contributed by atoms with Crippen molar-refractivity contribution in [1.82, 2.24) is 0 Å². The average molecular weight is 345 g/mol. The van der Waals surface area contributed by atoms with Crippen molar-refractivity contribution in [3.05, 3.63) is 59.2 Å². The fourth-order valence-corrected chi connectivity index (χ4v) is 5.18. The van der Waals surface area contributed by atoms with Gasteiger partial charge in [-0.15, -0.1) is 0 Å². The Balaban J connectivity index is 1.70. The van der Waals surface area contributed by atoms with Gasteiger partial charge in [-0.1, -0.05) is 82.5 Å². The van der Waals surface area contributed by atoms with E-state index < -0.39 is 0 Å². The molecule has 0 unspecified atom stereocenters. The molecule has 0 heterocycles. The second-order valence-corrected chi connectivity index (χ2v) is 8.91. The van der Waals surface area contributed by atoms with Gasteiger partial charge in [0, 0.05) is 0 Å². The van der Waals surface area contributed by atoms with Crippen LogP contribution < -0.4 is 0 Å². The summed E-state index contributed by atoms with van der Waals surface area (Å²) in [6.07, 6.45) is 6.71. The predicted octanol–water partition coefficient (Wildman–Crippen LogP) is 7.79. The van der Waals surface area contributed by atoms with Crippen molar-refractivity contribution in [1.29, 1.82) is 0 Å². The molecule has 0 nitrogen and oxygen atoms in total. The molecule has 0 fully saturated rings. The summed E-state index contributed by atoms with van der Waals surface area (Å²) in [5, 5.41) is 5.77. The van der Waals surface area contributed by atoms with Gasteiger partial charge in [0.15, 0.2) is 0 Å². The highest BCUT2D eigenvalue weighted by molar-refractivity contribution is 6.10. The Labute approximate surface area is 158 Å². The molecule has 0 spiro atoms. The Hall–Kier alpha value is -1.82. The Morgan fingerprint density at radius 2 is 1.73 bits per heavy atom. The lowest BCUT2D eigenvalue weighted by Crippen LogP contribution is -2.07. The summed E-state index contributed by atoms with van der Waals surface area (Å²) in [5.74, 6) is 2.39. The average Bonchev–Trinajstić information content (AvgIpc) is 3.05. The molecule has 1 aliphatic carbocycles. The van der Waals surface area contributed by atoms with Gasteiger partial charge >= 0.3 is 0 Å². The molecule has 0 aromatic heterocycles. The van der Waals surface area contributed by atoms with Gasteiger partial charge < -0.3 is 0 Å². The van der Waals surface area contributed by atoms with Gasteiger partial charge in [0.1, 0.15) is 0 Å². The van der Waals surface area contributed by atoms with E-state index in [0.29, 0.717) is 0 Å². The van der Waals surface area contributed by atoms with Gasteiger partial charge in [-0.3, -0.25) is 0 Å². The summed E-state index contributed by atoms with van der Waals surface area (Å²) in [4.78, 5) is 0. The first-order valence-corrected chi connectivity index (χ1v) is 10.5. The smallest absolute Gasteiger partial charge is 0.00760 e. The van der Waals surface area contributed by atoms with E-state index in [1.807, 2.05) is 0 Å². The van der Waals surface area contributed by atoms with Crippen molar-refractivity contribution in [2.45, 2.75) is 65.7 Å². The van der Waals surface area contributed by atoms with Crippen LogP contribution in [0, 0.1) is 18.8 Å². The summed E-state index contributed by atoms with van der Waals surface area (Å²) in [6.45, 7) is 9.41. The monoisotopic (exact) mass is 344 g/mol. The molecule has 0 radical (unpaired) electrons. The first-order chi connectivity index (χ1) is 12.6. The zero-order chi connectivity index (χ0) is 18.3. The van der Waals surface area contributed by atoms with Crippen molar-refractivity contribution < 1.29 is 0 Å². The van der Waals surface area contributed by atoms with Crippen LogP contribution in [0.15, 0.2) is 42.5 Å². The second-order valence-electron chi connectivity index (χ2n) is 8.91. The minimum Gasteiger partial charge on any atom is -0.0628 e. The lowest BCUT2D eigenvalue weighted by molar-refractivity contribution is 0.393. The standard InChI is InChI=1S/C26H32/c1-17(2)7-5-8-18(3)21-13-14-23-22(21)15-16-25-24(23)12-11-20-10-6-9-19(4)26(20)25/h6,9-12,15-18,21H,5,7-8,13-14H2,1-4H3/t18-,21+/m1/s1. The van der Waals surface area contributed by atoms with Crippen LogP contribution in [-0.2, 0) is 6.42 Å². The second kappa shape index (κ2) is 7.06. The third kappa shape index (κ3) is 3.04. The van der Waals surface area contributed by atoms with E-state index >= 15 is 0 Å². The van der Waals surface area contributed by atoms with Crippen molar-refractivity contribution in [2.24, 2.45) is 11.8 Å². The molecule has 0 bridgehead atoms. The SMILES string of the molecule is Cc1cccc2ccc3c4c(ccc3c12)[C@H]([C@H](C)CCCC(C)C)CC4. The Morgan fingerprint density at radius 3 is 2.54 bits per heavy atom. The van der Waals surface area contributed by atoms with Gasteiger partial charge in [0.2, 0.25) is 0 Å². The van der Waals surface area contributed by atoms with E-state index in [9.17, 15) is 0 Å². The highest BCUT2D eigenvalue weighted by Gasteiger charge is 2.28. The molecule has 1 aliphatic rings. The lowest BCUT2D eigenvalue weighted by Gasteiger charge is -2.21. The molecule has 4 rings (SSSR count). The maximum atomic E-state index is 2.48. The molecule has 26 heavy (non-hydrogen) atoms. The van der Waals surface area contributed by atoms with Crippen molar-refractivity contribution in [2.75, 3.05) is 0 Å². The molecule has 0 saturated heterocycles. The number of benzene rings is 3. The van der Waals surface area contributed by atoms with E-state index in [1.54, 1.807) is 11.1 Å². The van der Waals surface area contributed by atoms with E-state index in [2.05, 4.69) is 70.2 Å². The normalized spacial score (nSPS) is 18.0. The molecular weight excluding hydrogens is 312 g/mol. The topological polar surface area (TPSA) is 0 Å². The molecular formula is C26H32.